The van der Waals surface area contributed by atoms with Gasteiger partial charge in [-0.05, 0) is 52.6 Å². The molecule has 1 N–H and O–H groups in total. The number of rotatable bonds is 5. The molecule has 0 spiro atoms. The standard InChI is InChI=1S/C13H26N2O/c1-3-16-10-11(2)15-9-5-7-13(15)12-6-4-8-14-12/h11-14H,3-10H2,1-2H3. The Morgan fingerprint density at radius 2 is 2.25 bits per heavy atom. The third-order valence-corrected chi connectivity index (χ3v) is 4.03. The van der Waals surface area contributed by atoms with E-state index < -0.39 is 0 Å². The fraction of sp³-hybridized carbons (Fsp3) is 1.00. The molecule has 2 aliphatic heterocycles. The minimum Gasteiger partial charge on any atom is -0.380 e. The van der Waals surface area contributed by atoms with Gasteiger partial charge in [-0.3, -0.25) is 4.90 Å². The molecule has 3 nitrogen and oxygen atoms in total. The Labute approximate surface area is 99.5 Å². The van der Waals surface area contributed by atoms with Crippen LogP contribution in [0.3, 0.4) is 0 Å². The molecule has 0 aromatic carbocycles. The monoisotopic (exact) mass is 226 g/mol. The van der Waals surface area contributed by atoms with Gasteiger partial charge in [0.05, 0.1) is 6.61 Å². The molecule has 2 fully saturated rings. The van der Waals surface area contributed by atoms with Gasteiger partial charge in [-0.25, -0.2) is 0 Å². The van der Waals surface area contributed by atoms with Crippen LogP contribution < -0.4 is 5.32 Å². The van der Waals surface area contributed by atoms with Gasteiger partial charge in [0.15, 0.2) is 0 Å². The van der Waals surface area contributed by atoms with Crippen molar-refractivity contribution in [1.29, 1.82) is 0 Å². The summed E-state index contributed by atoms with van der Waals surface area (Å²) >= 11 is 0. The van der Waals surface area contributed by atoms with Crippen molar-refractivity contribution in [2.24, 2.45) is 0 Å². The number of likely N-dealkylation sites (tertiary alicyclic amines) is 1. The van der Waals surface area contributed by atoms with Crippen molar-refractivity contribution in [3.05, 3.63) is 0 Å². The Morgan fingerprint density at radius 1 is 1.38 bits per heavy atom. The molecule has 2 saturated heterocycles. The van der Waals surface area contributed by atoms with Gasteiger partial charge in [-0.1, -0.05) is 0 Å². The van der Waals surface area contributed by atoms with Gasteiger partial charge in [0.1, 0.15) is 0 Å². The van der Waals surface area contributed by atoms with E-state index in [4.69, 9.17) is 4.74 Å². The van der Waals surface area contributed by atoms with Gasteiger partial charge < -0.3 is 10.1 Å². The first-order valence-corrected chi connectivity index (χ1v) is 6.89. The zero-order valence-electron chi connectivity index (χ0n) is 10.7. The van der Waals surface area contributed by atoms with Crippen molar-refractivity contribution in [1.82, 2.24) is 10.2 Å². The van der Waals surface area contributed by atoms with Crippen LogP contribution in [0.25, 0.3) is 0 Å². The molecule has 2 rings (SSSR count). The maximum absolute atomic E-state index is 5.56. The van der Waals surface area contributed by atoms with Crippen molar-refractivity contribution in [3.63, 3.8) is 0 Å². The van der Waals surface area contributed by atoms with Crippen molar-refractivity contribution >= 4 is 0 Å². The molecule has 94 valence electrons. The molecule has 3 unspecified atom stereocenters. The average Bonchev–Trinajstić information content (AvgIpc) is 2.94. The van der Waals surface area contributed by atoms with E-state index in [0.29, 0.717) is 6.04 Å². The molecule has 16 heavy (non-hydrogen) atoms. The quantitative estimate of drug-likeness (QED) is 0.771. The molecule has 2 heterocycles. The van der Waals surface area contributed by atoms with Gasteiger partial charge >= 0.3 is 0 Å². The van der Waals surface area contributed by atoms with Crippen LogP contribution in [0.5, 0.6) is 0 Å². The van der Waals surface area contributed by atoms with Crippen LogP contribution in [-0.4, -0.2) is 49.3 Å². The van der Waals surface area contributed by atoms with Crippen LogP contribution in [0.1, 0.15) is 39.5 Å². The van der Waals surface area contributed by atoms with Crippen LogP contribution in [0, 0.1) is 0 Å². The molecule has 0 aliphatic carbocycles. The van der Waals surface area contributed by atoms with E-state index in [-0.39, 0.29) is 0 Å². The molecule has 0 saturated carbocycles. The number of hydrogen-bond acceptors (Lipinski definition) is 3. The zero-order valence-corrected chi connectivity index (χ0v) is 10.7. The lowest BCUT2D eigenvalue weighted by Crippen LogP contribution is -2.48. The van der Waals surface area contributed by atoms with Gasteiger partial charge in [-0.2, -0.15) is 0 Å². The maximum atomic E-state index is 5.56. The summed E-state index contributed by atoms with van der Waals surface area (Å²) < 4.78 is 5.56. The van der Waals surface area contributed by atoms with E-state index in [1.54, 1.807) is 0 Å². The Balaban J connectivity index is 1.86. The second-order valence-electron chi connectivity index (χ2n) is 5.16. The highest BCUT2D eigenvalue weighted by molar-refractivity contribution is 4.93. The summed E-state index contributed by atoms with van der Waals surface area (Å²) in [4.78, 5) is 2.67. The van der Waals surface area contributed by atoms with Crippen LogP contribution in [0.2, 0.25) is 0 Å². The van der Waals surface area contributed by atoms with E-state index in [2.05, 4.69) is 24.1 Å². The molecule has 0 radical (unpaired) electrons. The third kappa shape index (κ3) is 2.76. The van der Waals surface area contributed by atoms with Gasteiger partial charge in [0.2, 0.25) is 0 Å². The minimum absolute atomic E-state index is 0.579. The highest BCUT2D eigenvalue weighted by Crippen LogP contribution is 2.26. The third-order valence-electron chi connectivity index (χ3n) is 4.03. The lowest BCUT2D eigenvalue weighted by molar-refractivity contribution is 0.0603. The second-order valence-corrected chi connectivity index (χ2v) is 5.16. The number of nitrogens with one attached hydrogen (secondary N) is 1. The smallest absolute Gasteiger partial charge is 0.0619 e. The van der Waals surface area contributed by atoms with Crippen LogP contribution >= 0.6 is 0 Å². The molecule has 0 aromatic heterocycles. The maximum Gasteiger partial charge on any atom is 0.0619 e. The van der Waals surface area contributed by atoms with Crippen molar-refractivity contribution in [3.8, 4) is 0 Å². The summed E-state index contributed by atoms with van der Waals surface area (Å²) in [6, 6.07) is 2.08. The lowest BCUT2D eigenvalue weighted by Gasteiger charge is -2.34. The fourth-order valence-electron chi connectivity index (χ4n) is 3.22. The molecule has 3 heteroatoms. The first-order valence-electron chi connectivity index (χ1n) is 6.89. The summed E-state index contributed by atoms with van der Waals surface area (Å²) in [6.07, 6.45) is 5.45. The Kier molecular flexibility index (Phi) is 4.62. The second kappa shape index (κ2) is 5.99. The number of hydrogen-bond donors (Lipinski definition) is 1. The van der Waals surface area contributed by atoms with E-state index >= 15 is 0 Å². The van der Waals surface area contributed by atoms with E-state index in [0.717, 1.165) is 25.3 Å². The SMILES string of the molecule is CCOCC(C)N1CCCC1C1CCCN1. The number of ether oxygens (including phenoxy) is 1. The highest BCUT2D eigenvalue weighted by atomic mass is 16.5. The summed E-state index contributed by atoms with van der Waals surface area (Å²) in [5.41, 5.74) is 0. The summed E-state index contributed by atoms with van der Waals surface area (Å²) in [6.45, 7) is 8.59. The predicted octanol–water partition coefficient (Wildman–Crippen LogP) is 1.63. The van der Waals surface area contributed by atoms with E-state index in [9.17, 15) is 0 Å². The lowest BCUT2D eigenvalue weighted by atomic mass is 10.0. The summed E-state index contributed by atoms with van der Waals surface area (Å²) in [5.74, 6) is 0. The largest absolute Gasteiger partial charge is 0.380 e. The molecule has 0 amide bonds. The average molecular weight is 226 g/mol. The molecule has 3 atom stereocenters. The Bertz CT molecular complexity index is 204. The van der Waals surface area contributed by atoms with Crippen molar-refractivity contribution in [2.45, 2.75) is 57.7 Å². The summed E-state index contributed by atoms with van der Waals surface area (Å²) in [7, 11) is 0. The normalized spacial score (nSPS) is 33.4. The Morgan fingerprint density at radius 3 is 2.94 bits per heavy atom. The minimum atomic E-state index is 0.579. The van der Waals surface area contributed by atoms with Crippen molar-refractivity contribution in [2.75, 3.05) is 26.3 Å². The zero-order chi connectivity index (χ0) is 11.4. The number of nitrogens with zero attached hydrogens (tertiary/aromatic N) is 1. The molecular weight excluding hydrogens is 200 g/mol. The Hall–Kier alpha value is -0.120. The van der Waals surface area contributed by atoms with Gasteiger partial charge in [0, 0.05) is 24.7 Å². The molecule has 0 bridgehead atoms. The fourth-order valence-corrected chi connectivity index (χ4v) is 3.22. The molecule has 2 aliphatic rings. The summed E-state index contributed by atoms with van der Waals surface area (Å²) in [5, 5.41) is 3.66. The van der Waals surface area contributed by atoms with Crippen LogP contribution in [0.15, 0.2) is 0 Å². The molecule has 0 aromatic rings. The first kappa shape index (κ1) is 12.3. The topological polar surface area (TPSA) is 24.5 Å². The van der Waals surface area contributed by atoms with E-state index in [1.807, 2.05) is 0 Å². The van der Waals surface area contributed by atoms with Crippen LogP contribution in [0.4, 0.5) is 0 Å². The van der Waals surface area contributed by atoms with Crippen LogP contribution in [-0.2, 0) is 4.74 Å². The van der Waals surface area contributed by atoms with E-state index in [1.165, 1.54) is 38.8 Å². The highest BCUT2D eigenvalue weighted by Gasteiger charge is 2.35. The predicted molar refractivity (Wildman–Crippen MR) is 66.7 cm³/mol. The first-order chi connectivity index (χ1) is 7.83. The van der Waals surface area contributed by atoms with Gasteiger partial charge in [-0.15, -0.1) is 0 Å². The molecular formula is C13H26N2O. The van der Waals surface area contributed by atoms with Crippen molar-refractivity contribution < 1.29 is 4.74 Å². The van der Waals surface area contributed by atoms with Gasteiger partial charge in [0.25, 0.3) is 0 Å².